The van der Waals surface area contributed by atoms with Crippen LogP contribution in [0.4, 0.5) is 5.69 Å². The zero-order valence-electron chi connectivity index (χ0n) is 30.5. The summed E-state index contributed by atoms with van der Waals surface area (Å²) in [6.07, 6.45) is 4.16. The second-order valence-electron chi connectivity index (χ2n) is 11.5. The number of rotatable bonds is 17. The molecule has 0 aliphatic carbocycles. The summed E-state index contributed by atoms with van der Waals surface area (Å²) in [5.74, 6) is 2.65. The van der Waals surface area contributed by atoms with Crippen LogP contribution in [0.5, 0.6) is 46.0 Å². The molecular weight excluding hydrogens is 741 g/mol. The molecule has 1 aromatic heterocycles. The Kier molecular flexibility index (Phi) is 13.4. The molecule has 0 aliphatic heterocycles. The average molecular weight is 781 g/mol. The molecule has 1 heterocycles. The standard InChI is InChI=1S/C40H39Cl2NO11/c1-46-26-21-31(48-3)36-32(22-26)54-38(24-18-33(49-4)39(51-6)34(19-24)50-5)40(37(36)45)53-16-8-7-15-52-29-13-9-23(17-30(29)47-2)10-14-35(44)43-25-11-12-27(41)28(42)20-25/h9-14,17-22H,7-8,15-16H2,1-6H3,(H,43,44)/b14-10+. The molecule has 0 radical (unpaired) electrons. The van der Waals surface area contributed by atoms with Gasteiger partial charge in [0, 0.05) is 29.5 Å². The molecule has 5 aromatic rings. The summed E-state index contributed by atoms with van der Waals surface area (Å²) in [6, 6.07) is 16.7. The van der Waals surface area contributed by atoms with Gasteiger partial charge in [0.05, 0.1) is 65.9 Å². The van der Waals surface area contributed by atoms with Gasteiger partial charge >= 0.3 is 0 Å². The molecule has 0 bridgehead atoms. The van der Waals surface area contributed by atoms with Gasteiger partial charge in [0.1, 0.15) is 22.5 Å². The van der Waals surface area contributed by atoms with E-state index < -0.39 is 5.43 Å². The maximum atomic E-state index is 14.1. The summed E-state index contributed by atoms with van der Waals surface area (Å²) >= 11 is 12.0. The lowest BCUT2D eigenvalue weighted by Gasteiger charge is -2.17. The van der Waals surface area contributed by atoms with Gasteiger partial charge in [0.15, 0.2) is 28.8 Å². The highest BCUT2D eigenvalue weighted by atomic mass is 35.5. The maximum Gasteiger partial charge on any atom is 0.248 e. The molecule has 1 N–H and O–H groups in total. The number of methoxy groups -OCH3 is 6. The lowest BCUT2D eigenvalue weighted by molar-refractivity contribution is -0.111. The van der Waals surface area contributed by atoms with E-state index >= 15 is 0 Å². The molecule has 1 amide bonds. The molecule has 14 heteroatoms. The van der Waals surface area contributed by atoms with E-state index in [1.807, 2.05) is 0 Å². The van der Waals surface area contributed by atoms with Crippen molar-refractivity contribution in [1.82, 2.24) is 0 Å². The monoisotopic (exact) mass is 779 g/mol. The molecule has 0 saturated heterocycles. The van der Waals surface area contributed by atoms with Gasteiger partial charge in [-0.15, -0.1) is 0 Å². The van der Waals surface area contributed by atoms with Crippen molar-refractivity contribution >= 4 is 51.8 Å². The molecule has 0 saturated carbocycles. The average Bonchev–Trinajstić information content (AvgIpc) is 3.19. The Morgan fingerprint density at radius 3 is 2.00 bits per heavy atom. The third-order valence-electron chi connectivity index (χ3n) is 8.12. The van der Waals surface area contributed by atoms with Crippen molar-refractivity contribution in [3.8, 4) is 57.3 Å². The Bertz CT molecular complexity index is 2190. The van der Waals surface area contributed by atoms with Crippen LogP contribution in [0.3, 0.4) is 0 Å². The zero-order chi connectivity index (χ0) is 38.8. The predicted molar refractivity (Wildman–Crippen MR) is 208 cm³/mol. The molecule has 0 fully saturated rings. The Morgan fingerprint density at radius 1 is 0.685 bits per heavy atom. The van der Waals surface area contributed by atoms with Crippen LogP contribution < -0.4 is 48.6 Å². The van der Waals surface area contributed by atoms with Crippen LogP contribution in [-0.2, 0) is 4.79 Å². The van der Waals surface area contributed by atoms with Crippen LogP contribution in [0.1, 0.15) is 18.4 Å². The summed E-state index contributed by atoms with van der Waals surface area (Å²) in [5.41, 5.74) is 1.51. The summed E-state index contributed by atoms with van der Waals surface area (Å²) in [5, 5.41) is 3.68. The number of halogens is 2. The van der Waals surface area contributed by atoms with E-state index in [9.17, 15) is 9.59 Å². The fourth-order valence-electron chi connectivity index (χ4n) is 5.45. The van der Waals surface area contributed by atoms with Crippen LogP contribution >= 0.6 is 23.2 Å². The Balaban J connectivity index is 1.28. The molecular formula is C40H39Cl2NO11. The third-order valence-corrected chi connectivity index (χ3v) is 8.86. The summed E-state index contributed by atoms with van der Waals surface area (Å²) in [4.78, 5) is 26.5. The first-order valence-corrected chi connectivity index (χ1v) is 17.3. The molecule has 284 valence electrons. The molecule has 0 aliphatic rings. The first kappa shape index (κ1) is 39.5. The largest absolute Gasteiger partial charge is 0.496 e. The van der Waals surface area contributed by atoms with E-state index in [0.717, 1.165) is 5.56 Å². The van der Waals surface area contributed by atoms with Crippen molar-refractivity contribution < 1.29 is 47.1 Å². The van der Waals surface area contributed by atoms with Gasteiger partial charge in [0.2, 0.25) is 22.8 Å². The second-order valence-corrected chi connectivity index (χ2v) is 12.3. The van der Waals surface area contributed by atoms with Crippen molar-refractivity contribution in [2.24, 2.45) is 0 Å². The van der Waals surface area contributed by atoms with E-state index in [0.29, 0.717) is 75.2 Å². The van der Waals surface area contributed by atoms with Crippen molar-refractivity contribution in [2.75, 3.05) is 61.2 Å². The van der Waals surface area contributed by atoms with Crippen LogP contribution in [0.2, 0.25) is 10.0 Å². The fraction of sp³-hybridized carbons (Fsp3) is 0.250. The van der Waals surface area contributed by atoms with Crippen LogP contribution in [-0.4, -0.2) is 61.8 Å². The highest BCUT2D eigenvalue weighted by molar-refractivity contribution is 6.42. The molecule has 4 aromatic carbocycles. The summed E-state index contributed by atoms with van der Waals surface area (Å²) in [6.45, 7) is 0.501. The lowest BCUT2D eigenvalue weighted by Crippen LogP contribution is -2.13. The molecule has 12 nitrogen and oxygen atoms in total. The fourth-order valence-corrected chi connectivity index (χ4v) is 5.75. The van der Waals surface area contributed by atoms with Crippen molar-refractivity contribution in [1.29, 1.82) is 0 Å². The van der Waals surface area contributed by atoms with Gasteiger partial charge in [-0.05, 0) is 66.9 Å². The smallest absolute Gasteiger partial charge is 0.248 e. The third kappa shape index (κ3) is 9.07. The Morgan fingerprint density at radius 2 is 1.37 bits per heavy atom. The quantitative estimate of drug-likeness (QED) is 0.0718. The normalized spacial score (nSPS) is 11.0. The first-order valence-electron chi connectivity index (χ1n) is 16.6. The number of amides is 1. The van der Waals surface area contributed by atoms with Crippen LogP contribution in [0.15, 0.2) is 76.0 Å². The van der Waals surface area contributed by atoms with E-state index in [4.69, 9.17) is 65.5 Å². The van der Waals surface area contributed by atoms with E-state index in [1.54, 1.807) is 66.7 Å². The number of hydrogen-bond acceptors (Lipinski definition) is 11. The van der Waals surface area contributed by atoms with Gasteiger partial charge in [-0.3, -0.25) is 9.59 Å². The topological polar surface area (TPSA) is 133 Å². The number of anilines is 1. The second kappa shape index (κ2) is 18.4. The highest BCUT2D eigenvalue weighted by Gasteiger charge is 2.24. The van der Waals surface area contributed by atoms with Gasteiger partial charge in [0.25, 0.3) is 0 Å². The Labute approximate surface area is 322 Å². The number of carbonyl (C=O) groups is 1. The number of benzene rings is 4. The predicted octanol–water partition coefficient (Wildman–Crippen LogP) is 8.71. The Hall–Kier alpha value is -5.72. The lowest BCUT2D eigenvalue weighted by atomic mass is 10.1. The number of carbonyl (C=O) groups excluding carboxylic acids is 1. The molecule has 54 heavy (non-hydrogen) atoms. The molecule has 0 atom stereocenters. The van der Waals surface area contributed by atoms with Gasteiger partial charge in [-0.25, -0.2) is 0 Å². The summed E-state index contributed by atoms with van der Waals surface area (Å²) in [7, 11) is 8.99. The van der Waals surface area contributed by atoms with Gasteiger partial charge in [-0.1, -0.05) is 29.3 Å². The minimum Gasteiger partial charge on any atom is -0.496 e. The number of ether oxygens (including phenoxy) is 8. The van der Waals surface area contributed by atoms with Crippen LogP contribution in [0.25, 0.3) is 28.4 Å². The van der Waals surface area contributed by atoms with Crippen LogP contribution in [0, 0.1) is 0 Å². The van der Waals surface area contributed by atoms with E-state index in [1.165, 1.54) is 48.7 Å². The summed E-state index contributed by atoms with van der Waals surface area (Å²) < 4.78 is 51.6. The minimum absolute atomic E-state index is 0.0166. The van der Waals surface area contributed by atoms with Gasteiger partial charge in [-0.2, -0.15) is 0 Å². The number of unbranched alkanes of at least 4 members (excludes halogenated alkanes) is 1. The maximum absolute atomic E-state index is 14.1. The number of hydrogen-bond donors (Lipinski definition) is 1. The molecule has 0 spiro atoms. The van der Waals surface area contributed by atoms with E-state index in [2.05, 4.69) is 5.32 Å². The minimum atomic E-state index is -0.429. The first-order chi connectivity index (χ1) is 26.1. The molecule has 0 unspecified atom stereocenters. The highest BCUT2D eigenvalue weighted by Crippen LogP contribution is 2.44. The zero-order valence-corrected chi connectivity index (χ0v) is 32.0. The van der Waals surface area contributed by atoms with Crippen molar-refractivity contribution in [2.45, 2.75) is 12.8 Å². The van der Waals surface area contributed by atoms with Crippen molar-refractivity contribution in [3.63, 3.8) is 0 Å². The SMILES string of the molecule is COc1cc(OC)c2c(=O)c(OCCCCOc3ccc(/C=C/C(=O)Nc4ccc(Cl)c(Cl)c4)cc3OC)c(-c3cc(OC)c(OC)c(OC)c3)oc2c1. The number of nitrogens with one attached hydrogen (secondary N) is 1. The van der Waals surface area contributed by atoms with Crippen molar-refractivity contribution in [3.05, 3.63) is 92.6 Å². The molecule has 5 rings (SSSR count). The number of fused-ring (bicyclic) bond motifs is 1. The van der Waals surface area contributed by atoms with E-state index in [-0.39, 0.29) is 40.7 Å². The van der Waals surface area contributed by atoms with Gasteiger partial charge < -0.3 is 47.6 Å².